The highest BCUT2D eigenvalue weighted by molar-refractivity contribution is 6.01. The number of Topliss-reactive ketones (excluding diaryl/α,β-unsaturated/α-hetero) is 1. The predicted molar refractivity (Wildman–Crippen MR) is 70.0 cm³/mol. The molecule has 110 valence electrons. The van der Waals surface area contributed by atoms with E-state index in [9.17, 15) is 19.2 Å². The van der Waals surface area contributed by atoms with Gasteiger partial charge in [-0.1, -0.05) is 0 Å². The number of carbonyl (C=O) groups excluding carboxylic acids is 2. The van der Waals surface area contributed by atoms with E-state index < -0.39 is 35.2 Å². The van der Waals surface area contributed by atoms with Gasteiger partial charge >= 0.3 is 11.7 Å². The maximum absolute atomic E-state index is 11.9. The molecule has 9 nitrogen and oxygen atoms in total. The van der Waals surface area contributed by atoms with Crippen molar-refractivity contribution in [1.82, 2.24) is 9.55 Å². The van der Waals surface area contributed by atoms with Gasteiger partial charge in [0.1, 0.15) is 11.4 Å². The standard InChI is InChI=1S/C12H11N3O6/c1-15-9(13)8(10(17)14-12(15)19)6(16)5-21-11(18)7-3-2-4-20-7/h2-4H,5,13H2,1H3,(H,14,17,19). The number of nitrogens with one attached hydrogen (secondary N) is 1. The fourth-order valence-corrected chi connectivity index (χ4v) is 1.58. The summed E-state index contributed by atoms with van der Waals surface area (Å²) in [5.41, 5.74) is 3.42. The van der Waals surface area contributed by atoms with Gasteiger partial charge < -0.3 is 14.9 Å². The van der Waals surface area contributed by atoms with Gasteiger partial charge in [0.05, 0.1) is 6.26 Å². The lowest BCUT2D eigenvalue weighted by atomic mass is 10.2. The number of aromatic amines is 1. The number of esters is 1. The summed E-state index contributed by atoms with van der Waals surface area (Å²) in [5, 5.41) is 0. The van der Waals surface area contributed by atoms with E-state index in [2.05, 4.69) is 0 Å². The number of ketones is 1. The fourth-order valence-electron chi connectivity index (χ4n) is 1.58. The first-order chi connectivity index (χ1) is 9.91. The van der Waals surface area contributed by atoms with Crippen LogP contribution >= 0.6 is 0 Å². The van der Waals surface area contributed by atoms with Gasteiger partial charge in [-0.2, -0.15) is 0 Å². The Labute approximate surface area is 116 Å². The van der Waals surface area contributed by atoms with E-state index >= 15 is 0 Å². The van der Waals surface area contributed by atoms with Crippen LogP contribution in [0.5, 0.6) is 0 Å². The van der Waals surface area contributed by atoms with Crippen molar-refractivity contribution >= 4 is 17.6 Å². The van der Waals surface area contributed by atoms with Crippen LogP contribution in [0.1, 0.15) is 20.9 Å². The normalized spacial score (nSPS) is 10.3. The third-order valence-corrected chi connectivity index (χ3v) is 2.71. The Morgan fingerprint density at radius 2 is 2.14 bits per heavy atom. The summed E-state index contributed by atoms with van der Waals surface area (Å²) in [6, 6.07) is 2.84. The van der Waals surface area contributed by atoms with Crippen molar-refractivity contribution in [2.24, 2.45) is 7.05 Å². The molecule has 0 amide bonds. The summed E-state index contributed by atoms with van der Waals surface area (Å²) in [6.45, 7) is -0.703. The summed E-state index contributed by atoms with van der Waals surface area (Å²) in [4.78, 5) is 48.2. The third-order valence-electron chi connectivity index (χ3n) is 2.71. The Hall–Kier alpha value is -3.10. The summed E-state index contributed by atoms with van der Waals surface area (Å²) in [5.74, 6) is -2.06. The molecule has 2 rings (SSSR count). The van der Waals surface area contributed by atoms with Crippen LogP contribution in [0.4, 0.5) is 5.82 Å². The molecule has 0 saturated heterocycles. The highest BCUT2D eigenvalue weighted by atomic mass is 16.5. The highest BCUT2D eigenvalue weighted by Crippen LogP contribution is 2.06. The van der Waals surface area contributed by atoms with E-state index in [4.69, 9.17) is 14.9 Å². The van der Waals surface area contributed by atoms with E-state index in [1.54, 1.807) is 0 Å². The smallest absolute Gasteiger partial charge is 0.374 e. The Kier molecular flexibility index (Phi) is 3.74. The lowest BCUT2D eigenvalue weighted by Gasteiger charge is -2.07. The monoisotopic (exact) mass is 293 g/mol. The first kappa shape index (κ1) is 14.3. The van der Waals surface area contributed by atoms with Crippen molar-refractivity contribution in [3.05, 3.63) is 50.6 Å². The number of anilines is 1. The molecule has 0 aliphatic carbocycles. The summed E-state index contributed by atoms with van der Waals surface area (Å²) in [6.07, 6.45) is 1.27. The molecule has 2 heterocycles. The molecule has 0 unspecified atom stereocenters. The van der Waals surface area contributed by atoms with Crippen molar-refractivity contribution in [3.8, 4) is 0 Å². The molecule has 0 aliphatic rings. The second-order valence-corrected chi connectivity index (χ2v) is 4.06. The zero-order valence-corrected chi connectivity index (χ0v) is 10.9. The Bertz CT molecular complexity index is 799. The average Bonchev–Trinajstić information content (AvgIpc) is 2.96. The van der Waals surface area contributed by atoms with Gasteiger partial charge in [-0.25, -0.2) is 9.59 Å². The van der Waals surface area contributed by atoms with Crippen LogP contribution in [0.15, 0.2) is 32.4 Å². The van der Waals surface area contributed by atoms with Gasteiger partial charge in [-0.15, -0.1) is 0 Å². The molecule has 0 spiro atoms. The minimum absolute atomic E-state index is 0.0786. The van der Waals surface area contributed by atoms with Gasteiger partial charge in [0.2, 0.25) is 11.5 Å². The van der Waals surface area contributed by atoms with Crippen LogP contribution in [-0.4, -0.2) is 27.9 Å². The van der Waals surface area contributed by atoms with Crippen molar-refractivity contribution in [2.45, 2.75) is 0 Å². The molecule has 9 heteroatoms. The summed E-state index contributed by atoms with van der Waals surface area (Å²) in [7, 11) is 1.29. The Morgan fingerprint density at radius 3 is 2.76 bits per heavy atom. The largest absolute Gasteiger partial charge is 0.457 e. The first-order valence-corrected chi connectivity index (χ1v) is 5.74. The third kappa shape index (κ3) is 2.76. The number of nitrogens with zero attached hydrogens (tertiary/aromatic N) is 1. The molecule has 0 fully saturated rings. The molecule has 0 aliphatic heterocycles. The SMILES string of the molecule is Cn1c(N)c(C(=O)COC(=O)c2ccco2)c(=O)[nH]c1=O. The predicted octanol–water partition coefficient (Wildman–Crippen LogP) is -0.712. The van der Waals surface area contributed by atoms with Gasteiger partial charge in [-0.3, -0.25) is 19.1 Å². The van der Waals surface area contributed by atoms with Crippen LogP contribution < -0.4 is 17.0 Å². The lowest BCUT2D eigenvalue weighted by Crippen LogP contribution is -2.35. The number of rotatable bonds is 4. The summed E-state index contributed by atoms with van der Waals surface area (Å²) < 4.78 is 10.4. The van der Waals surface area contributed by atoms with Gasteiger partial charge in [0, 0.05) is 7.05 Å². The second-order valence-electron chi connectivity index (χ2n) is 4.06. The Balaban J connectivity index is 2.19. The van der Waals surface area contributed by atoms with Gasteiger partial charge in [-0.05, 0) is 12.1 Å². The minimum atomic E-state index is -0.936. The molecule has 0 atom stereocenters. The molecule has 0 radical (unpaired) electrons. The molecule has 0 aromatic carbocycles. The van der Waals surface area contributed by atoms with Crippen LogP contribution in [0.25, 0.3) is 0 Å². The number of H-pyrrole nitrogens is 1. The molecule has 0 bridgehead atoms. The molecule has 3 N–H and O–H groups in total. The van der Waals surface area contributed by atoms with E-state index in [0.29, 0.717) is 0 Å². The lowest BCUT2D eigenvalue weighted by molar-refractivity contribution is 0.0443. The van der Waals surface area contributed by atoms with Crippen LogP contribution in [0, 0.1) is 0 Å². The molecule has 2 aromatic heterocycles. The maximum Gasteiger partial charge on any atom is 0.374 e. The number of aromatic nitrogens is 2. The van der Waals surface area contributed by atoms with Gasteiger partial charge in [0.15, 0.2) is 6.61 Å². The van der Waals surface area contributed by atoms with Gasteiger partial charge in [0.25, 0.3) is 5.56 Å². The first-order valence-electron chi connectivity index (χ1n) is 5.74. The Morgan fingerprint density at radius 1 is 1.43 bits per heavy atom. The fraction of sp³-hybridized carbons (Fsp3) is 0.167. The number of hydrogen-bond donors (Lipinski definition) is 2. The van der Waals surface area contributed by atoms with E-state index in [1.807, 2.05) is 4.98 Å². The minimum Gasteiger partial charge on any atom is -0.457 e. The zero-order valence-electron chi connectivity index (χ0n) is 10.9. The van der Waals surface area contributed by atoms with Crippen LogP contribution in [0.3, 0.4) is 0 Å². The highest BCUT2D eigenvalue weighted by Gasteiger charge is 2.20. The average molecular weight is 293 g/mol. The molecule has 2 aromatic rings. The van der Waals surface area contributed by atoms with Crippen LogP contribution in [-0.2, 0) is 11.8 Å². The molecular formula is C12H11N3O6. The summed E-state index contributed by atoms with van der Waals surface area (Å²) >= 11 is 0. The van der Waals surface area contributed by atoms with Crippen molar-refractivity contribution in [2.75, 3.05) is 12.3 Å². The van der Waals surface area contributed by atoms with Crippen molar-refractivity contribution in [3.63, 3.8) is 0 Å². The molecular weight excluding hydrogens is 282 g/mol. The maximum atomic E-state index is 11.9. The second kappa shape index (κ2) is 5.49. The van der Waals surface area contributed by atoms with Crippen molar-refractivity contribution < 1.29 is 18.7 Å². The quantitative estimate of drug-likeness (QED) is 0.561. The number of nitrogens with two attached hydrogens (primary N) is 1. The molecule has 21 heavy (non-hydrogen) atoms. The zero-order chi connectivity index (χ0) is 15.6. The molecule has 0 saturated carbocycles. The number of hydrogen-bond acceptors (Lipinski definition) is 7. The topological polar surface area (TPSA) is 137 Å². The number of ether oxygens (including phenoxy) is 1. The van der Waals surface area contributed by atoms with Crippen molar-refractivity contribution in [1.29, 1.82) is 0 Å². The number of carbonyl (C=O) groups is 2. The number of furan rings is 1. The van der Waals surface area contributed by atoms with Crippen LogP contribution in [0.2, 0.25) is 0 Å². The number of nitrogen functional groups attached to an aromatic ring is 1. The van der Waals surface area contributed by atoms with E-state index in [0.717, 1.165) is 4.57 Å². The van der Waals surface area contributed by atoms with E-state index in [1.165, 1.54) is 25.4 Å². The van der Waals surface area contributed by atoms with E-state index in [-0.39, 0.29) is 11.6 Å².